The van der Waals surface area contributed by atoms with Gasteiger partial charge in [-0.3, -0.25) is 4.90 Å². The predicted molar refractivity (Wildman–Crippen MR) is 76.7 cm³/mol. The minimum atomic E-state index is -2.20. The van der Waals surface area contributed by atoms with Gasteiger partial charge in [0, 0.05) is 25.0 Å². The van der Waals surface area contributed by atoms with Crippen molar-refractivity contribution < 1.29 is 14.3 Å². The Morgan fingerprint density at radius 2 is 2.05 bits per heavy atom. The first-order chi connectivity index (χ1) is 9.38. The highest BCUT2D eigenvalue weighted by Gasteiger charge is 2.54. The fourth-order valence-electron chi connectivity index (χ4n) is 2.81. The van der Waals surface area contributed by atoms with Crippen molar-refractivity contribution in [2.24, 2.45) is 0 Å². The molecule has 3 nitrogen and oxygen atoms in total. The zero-order valence-corrected chi connectivity index (χ0v) is 12.3. The average Bonchev–Trinajstić information content (AvgIpc) is 2.79. The van der Waals surface area contributed by atoms with E-state index in [4.69, 9.17) is 0 Å². The molecule has 0 bridgehead atoms. The number of likely N-dealkylation sites (tertiary alicyclic amines) is 1. The molecule has 1 heterocycles. The van der Waals surface area contributed by atoms with Crippen LogP contribution in [0.25, 0.3) is 0 Å². The van der Waals surface area contributed by atoms with E-state index < -0.39 is 17.6 Å². The molecule has 1 aliphatic heterocycles. The van der Waals surface area contributed by atoms with Gasteiger partial charge in [-0.2, -0.15) is 0 Å². The second kappa shape index (κ2) is 5.52. The second-order valence-electron chi connectivity index (χ2n) is 5.84. The summed E-state index contributed by atoms with van der Waals surface area (Å²) < 4.78 is 14.9. The standard InChI is InChI=1S/C16H22FNO2/c1-4-12-5-7-13(8-6-12)14-9-18(11(2)3)10-16(14,17)15(19)20/h5-8,11,14H,4,9-10H2,1-3H3,(H,19,20)/t14-,16-/m0/s1. The van der Waals surface area contributed by atoms with E-state index in [1.807, 2.05) is 43.0 Å². The van der Waals surface area contributed by atoms with Gasteiger partial charge in [-0.1, -0.05) is 31.2 Å². The van der Waals surface area contributed by atoms with Crippen LogP contribution in [0, 0.1) is 0 Å². The predicted octanol–water partition coefficient (Wildman–Crippen LogP) is 2.85. The second-order valence-corrected chi connectivity index (χ2v) is 5.84. The number of carboxylic acid groups (broad SMARTS) is 1. The van der Waals surface area contributed by atoms with Crippen LogP contribution in [0.5, 0.6) is 0 Å². The Morgan fingerprint density at radius 1 is 1.45 bits per heavy atom. The fourth-order valence-corrected chi connectivity index (χ4v) is 2.81. The Labute approximate surface area is 119 Å². The van der Waals surface area contributed by atoms with Crippen molar-refractivity contribution in [1.82, 2.24) is 4.90 Å². The van der Waals surface area contributed by atoms with Crippen molar-refractivity contribution in [2.75, 3.05) is 13.1 Å². The molecule has 2 atom stereocenters. The van der Waals surface area contributed by atoms with Crippen molar-refractivity contribution in [1.29, 1.82) is 0 Å². The molecule has 1 fully saturated rings. The van der Waals surface area contributed by atoms with E-state index in [0.29, 0.717) is 6.54 Å². The number of carboxylic acids is 1. The molecule has 1 aromatic rings. The number of alkyl halides is 1. The smallest absolute Gasteiger partial charge is 0.343 e. The van der Waals surface area contributed by atoms with Gasteiger partial charge in [0.2, 0.25) is 5.67 Å². The van der Waals surface area contributed by atoms with E-state index in [1.54, 1.807) is 0 Å². The number of benzene rings is 1. The van der Waals surface area contributed by atoms with Crippen molar-refractivity contribution in [2.45, 2.75) is 44.8 Å². The van der Waals surface area contributed by atoms with Gasteiger partial charge < -0.3 is 5.11 Å². The van der Waals surface area contributed by atoms with Crippen LogP contribution in [-0.2, 0) is 11.2 Å². The maximum absolute atomic E-state index is 14.9. The monoisotopic (exact) mass is 279 g/mol. The topological polar surface area (TPSA) is 40.5 Å². The van der Waals surface area contributed by atoms with Crippen LogP contribution in [0.4, 0.5) is 4.39 Å². The van der Waals surface area contributed by atoms with E-state index >= 15 is 0 Å². The van der Waals surface area contributed by atoms with Crippen molar-refractivity contribution in [3.05, 3.63) is 35.4 Å². The van der Waals surface area contributed by atoms with Crippen LogP contribution in [-0.4, -0.2) is 40.8 Å². The SMILES string of the molecule is CCc1ccc([C@@H]2CN(C(C)C)C[C@@]2(F)C(=O)O)cc1. The molecule has 1 saturated heterocycles. The van der Waals surface area contributed by atoms with E-state index in [-0.39, 0.29) is 12.6 Å². The Bertz CT molecular complexity index is 486. The summed E-state index contributed by atoms with van der Waals surface area (Å²) in [5.74, 6) is -1.96. The molecule has 1 aliphatic rings. The molecule has 0 saturated carbocycles. The van der Waals surface area contributed by atoms with Crippen LogP contribution >= 0.6 is 0 Å². The molecule has 0 spiro atoms. The fraction of sp³-hybridized carbons (Fsp3) is 0.562. The summed E-state index contributed by atoms with van der Waals surface area (Å²) in [4.78, 5) is 13.3. The minimum Gasteiger partial charge on any atom is -0.479 e. The normalized spacial score (nSPS) is 27.1. The Kier molecular flexibility index (Phi) is 4.14. The molecule has 0 aromatic heterocycles. The number of hydrogen-bond acceptors (Lipinski definition) is 2. The highest BCUT2D eigenvalue weighted by molar-refractivity contribution is 5.80. The first kappa shape index (κ1) is 15.0. The Morgan fingerprint density at radius 3 is 2.50 bits per heavy atom. The van der Waals surface area contributed by atoms with Crippen molar-refractivity contribution in [3.8, 4) is 0 Å². The molecular weight excluding hydrogens is 257 g/mol. The van der Waals surface area contributed by atoms with Crippen LogP contribution in [0.15, 0.2) is 24.3 Å². The van der Waals surface area contributed by atoms with E-state index in [2.05, 4.69) is 6.92 Å². The number of rotatable bonds is 4. The molecule has 0 unspecified atom stereocenters. The number of aryl methyl sites for hydroxylation is 1. The van der Waals surface area contributed by atoms with Crippen LogP contribution in [0.2, 0.25) is 0 Å². The summed E-state index contributed by atoms with van der Waals surface area (Å²) in [6, 6.07) is 7.78. The number of nitrogens with zero attached hydrogens (tertiary/aromatic N) is 1. The quantitative estimate of drug-likeness (QED) is 0.921. The first-order valence-electron chi connectivity index (χ1n) is 7.13. The maximum Gasteiger partial charge on any atom is 0.343 e. The minimum absolute atomic E-state index is 0.0415. The van der Waals surface area contributed by atoms with Gasteiger partial charge in [-0.15, -0.1) is 0 Å². The van der Waals surface area contributed by atoms with Crippen LogP contribution < -0.4 is 0 Å². The summed E-state index contributed by atoms with van der Waals surface area (Å²) in [6.45, 7) is 6.39. The van der Waals surface area contributed by atoms with Crippen LogP contribution in [0.3, 0.4) is 0 Å². The third-order valence-electron chi connectivity index (χ3n) is 4.28. The largest absolute Gasteiger partial charge is 0.479 e. The molecule has 0 amide bonds. The number of hydrogen-bond donors (Lipinski definition) is 1. The summed E-state index contributed by atoms with van der Waals surface area (Å²) in [5.41, 5.74) is -0.250. The number of carbonyl (C=O) groups is 1. The van der Waals surface area contributed by atoms with E-state index in [1.165, 1.54) is 5.56 Å². The number of halogens is 1. The lowest BCUT2D eigenvalue weighted by molar-refractivity contribution is -0.151. The van der Waals surface area contributed by atoms with Gasteiger partial charge in [-0.05, 0) is 31.4 Å². The third-order valence-corrected chi connectivity index (χ3v) is 4.28. The lowest BCUT2D eigenvalue weighted by Gasteiger charge is -2.22. The zero-order chi connectivity index (χ0) is 14.9. The Balaban J connectivity index is 2.33. The first-order valence-corrected chi connectivity index (χ1v) is 7.13. The summed E-state index contributed by atoms with van der Waals surface area (Å²) in [7, 11) is 0. The van der Waals surface area contributed by atoms with Gasteiger partial charge >= 0.3 is 5.97 Å². The van der Waals surface area contributed by atoms with Crippen LogP contribution in [0.1, 0.15) is 37.8 Å². The molecular formula is C16H22FNO2. The Hall–Kier alpha value is -1.42. The summed E-state index contributed by atoms with van der Waals surface area (Å²) >= 11 is 0. The molecule has 1 N–H and O–H groups in total. The molecule has 4 heteroatoms. The lowest BCUT2D eigenvalue weighted by Crippen LogP contribution is -2.41. The van der Waals surface area contributed by atoms with Crippen molar-refractivity contribution >= 4 is 5.97 Å². The summed E-state index contributed by atoms with van der Waals surface area (Å²) in [6.07, 6.45) is 0.919. The van der Waals surface area contributed by atoms with Gasteiger partial charge in [0.05, 0.1) is 0 Å². The summed E-state index contributed by atoms with van der Waals surface area (Å²) in [5, 5.41) is 9.30. The van der Waals surface area contributed by atoms with Crippen molar-refractivity contribution in [3.63, 3.8) is 0 Å². The molecule has 110 valence electrons. The van der Waals surface area contributed by atoms with Gasteiger partial charge in [0.15, 0.2) is 0 Å². The average molecular weight is 279 g/mol. The van der Waals surface area contributed by atoms with E-state index in [0.717, 1.165) is 12.0 Å². The van der Waals surface area contributed by atoms with Gasteiger partial charge in [0.25, 0.3) is 0 Å². The molecule has 0 aliphatic carbocycles. The lowest BCUT2D eigenvalue weighted by atomic mass is 9.86. The highest BCUT2D eigenvalue weighted by atomic mass is 19.1. The molecule has 1 aromatic carbocycles. The molecule has 0 radical (unpaired) electrons. The van der Waals surface area contributed by atoms with E-state index in [9.17, 15) is 14.3 Å². The van der Waals surface area contributed by atoms with Gasteiger partial charge in [0.1, 0.15) is 0 Å². The highest BCUT2D eigenvalue weighted by Crippen LogP contribution is 2.40. The zero-order valence-electron chi connectivity index (χ0n) is 12.3. The maximum atomic E-state index is 14.9. The third kappa shape index (κ3) is 2.57. The van der Waals surface area contributed by atoms with Gasteiger partial charge in [-0.25, -0.2) is 9.18 Å². The molecule has 20 heavy (non-hydrogen) atoms. The number of aliphatic carboxylic acids is 1. The molecule has 2 rings (SSSR count).